The number of rotatable bonds is 10. The molecule has 29 heavy (non-hydrogen) atoms. The van der Waals surface area contributed by atoms with Gasteiger partial charge in [0.1, 0.15) is 36.9 Å². The van der Waals surface area contributed by atoms with E-state index in [9.17, 15) is 4.79 Å². The highest BCUT2D eigenvalue weighted by molar-refractivity contribution is 5.78. The fourth-order valence-electron chi connectivity index (χ4n) is 2.82. The number of nitrogens with zero attached hydrogens (tertiary/aromatic N) is 1. The molecular weight excluding hydrogens is 368 g/mol. The molecule has 2 rings (SSSR count). The first kappa shape index (κ1) is 22.1. The lowest BCUT2D eigenvalue weighted by Crippen LogP contribution is -2.22. The van der Waals surface area contributed by atoms with E-state index in [1.807, 2.05) is 25.1 Å². The Kier molecular flexibility index (Phi) is 8.35. The van der Waals surface area contributed by atoms with Crippen LogP contribution in [-0.4, -0.2) is 26.2 Å². The average molecular weight is 396 g/mol. The largest absolute Gasteiger partial charge is 0.497 e. The summed E-state index contributed by atoms with van der Waals surface area (Å²) in [7, 11) is 1.59. The number of benzene rings is 2. The molecule has 0 heterocycles. The van der Waals surface area contributed by atoms with Crippen molar-refractivity contribution in [3.05, 3.63) is 53.1 Å². The number of aryl methyl sites for hydroxylation is 1. The van der Waals surface area contributed by atoms with Gasteiger partial charge in [0, 0.05) is 18.2 Å². The molecule has 0 fully saturated rings. The van der Waals surface area contributed by atoms with E-state index in [0.717, 1.165) is 22.4 Å². The normalized spacial score (nSPS) is 10.3. The molecule has 0 saturated carbocycles. The van der Waals surface area contributed by atoms with Crippen molar-refractivity contribution in [3.8, 4) is 23.3 Å². The van der Waals surface area contributed by atoms with Crippen LogP contribution in [0.15, 0.2) is 36.4 Å². The van der Waals surface area contributed by atoms with Crippen molar-refractivity contribution in [2.75, 3.05) is 20.3 Å². The van der Waals surface area contributed by atoms with Crippen molar-refractivity contribution >= 4 is 5.91 Å². The molecule has 6 nitrogen and oxygen atoms in total. The molecule has 2 aromatic rings. The minimum Gasteiger partial charge on any atom is -0.497 e. The number of amides is 1. The van der Waals surface area contributed by atoms with Crippen LogP contribution in [0, 0.1) is 18.3 Å². The molecule has 0 spiro atoms. The highest BCUT2D eigenvalue weighted by atomic mass is 16.5. The van der Waals surface area contributed by atoms with Gasteiger partial charge in [-0.1, -0.05) is 26.0 Å². The number of carbonyl (C=O) groups is 1. The molecule has 0 bridgehead atoms. The molecule has 2 aromatic carbocycles. The fourth-order valence-corrected chi connectivity index (χ4v) is 2.82. The van der Waals surface area contributed by atoms with E-state index in [-0.39, 0.29) is 18.9 Å². The van der Waals surface area contributed by atoms with Gasteiger partial charge in [0.25, 0.3) is 0 Å². The van der Waals surface area contributed by atoms with Crippen molar-refractivity contribution in [1.29, 1.82) is 5.26 Å². The Morgan fingerprint density at radius 3 is 2.48 bits per heavy atom. The summed E-state index contributed by atoms with van der Waals surface area (Å²) in [5, 5.41) is 11.3. The van der Waals surface area contributed by atoms with Crippen LogP contribution in [0.1, 0.15) is 42.9 Å². The zero-order valence-corrected chi connectivity index (χ0v) is 17.5. The lowest BCUT2D eigenvalue weighted by molar-refractivity contribution is -0.120. The van der Waals surface area contributed by atoms with Crippen LogP contribution in [0.3, 0.4) is 0 Å². The van der Waals surface area contributed by atoms with Crippen molar-refractivity contribution < 1.29 is 19.0 Å². The summed E-state index contributed by atoms with van der Waals surface area (Å²) in [6.07, 6.45) is -0.172. The van der Waals surface area contributed by atoms with Gasteiger partial charge in [-0.15, -0.1) is 0 Å². The van der Waals surface area contributed by atoms with Gasteiger partial charge < -0.3 is 19.5 Å². The molecule has 0 radical (unpaired) electrons. The first-order valence-electron chi connectivity index (χ1n) is 9.61. The predicted molar refractivity (Wildman–Crippen MR) is 111 cm³/mol. The number of nitrogens with one attached hydrogen (secondary N) is 1. The first-order chi connectivity index (χ1) is 13.9. The summed E-state index contributed by atoms with van der Waals surface area (Å²) in [6.45, 7) is 7.32. The molecule has 6 heteroatoms. The van der Waals surface area contributed by atoms with Crippen molar-refractivity contribution in [1.82, 2.24) is 5.32 Å². The van der Waals surface area contributed by atoms with E-state index in [2.05, 4.69) is 31.3 Å². The van der Waals surface area contributed by atoms with Crippen LogP contribution in [0.4, 0.5) is 0 Å². The van der Waals surface area contributed by atoms with Gasteiger partial charge in [-0.2, -0.15) is 5.26 Å². The Morgan fingerprint density at radius 1 is 1.10 bits per heavy atom. The third kappa shape index (κ3) is 6.72. The molecular formula is C23H28N2O4. The second-order valence-corrected chi connectivity index (χ2v) is 6.98. The lowest BCUT2D eigenvalue weighted by Gasteiger charge is -2.16. The minimum atomic E-state index is -0.321. The van der Waals surface area contributed by atoms with Crippen LogP contribution in [-0.2, 0) is 11.3 Å². The molecule has 0 aromatic heterocycles. The zero-order chi connectivity index (χ0) is 21.2. The number of hydrogen-bond acceptors (Lipinski definition) is 5. The molecule has 1 amide bonds. The standard InChI is InChI=1S/C23H28N2O4/c1-16(2)20-8-5-17(3)13-22(20)29-12-11-28-21-14-19(27-4)7-6-18(21)15-25-23(26)9-10-24/h5-8,13-14,16H,9,11-12,15H2,1-4H3,(H,25,26). The number of ether oxygens (including phenoxy) is 3. The van der Waals surface area contributed by atoms with Crippen LogP contribution in [0.5, 0.6) is 17.2 Å². The van der Waals surface area contributed by atoms with Gasteiger partial charge in [0.15, 0.2) is 0 Å². The van der Waals surface area contributed by atoms with Gasteiger partial charge in [0.05, 0.1) is 13.2 Å². The molecule has 0 atom stereocenters. The molecule has 0 unspecified atom stereocenters. The third-order valence-electron chi connectivity index (χ3n) is 4.38. The van der Waals surface area contributed by atoms with E-state index >= 15 is 0 Å². The highest BCUT2D eigenvalue weighted by Gasteiger charge is 2.10. The third-order valence-corrected chi connectivity index (χ3v) is 4.38. The SMILES string of the molecule is COc1ccc(CNC(=O)CC#N)c(OCCOc2cc(C)ccc2C(C)C)c1. The zero-order valence-electron chi connectivity index (χ0n) is 17.5. The Morgan fingerprint density at radius 2 is 1.83 bits per heavy atom. The summed E-state index contributed by atoms with van der Waals surface area (Å²) in [6, 6.07) is 13.5. The smallest absolute Gasteiger partial charge is 0.234 e. The van der Waals surface area contributed by atoms with Crippen molar-refractivity contribution in [2.45, 2.75) is 39.7 Å². The van der Waals surface area contributed by atoms with E-state index in [1.54, 1.807) is 19.2 Å². The van der Waals surface area contributed by atoms with E-state index in [0.29, 0.717) is 30.6 Å². The summed E-state index contributed by atoms with van der Waals surface area (Å²) < 4.78 is 17.1. The summed E-state index contributed by atoms with van der Waals surface area (Å²) >= 11 is 0. The van der Waals surface area contributed by atoms with Gasteiger partial charge >= 0.3 is 0 Å². The molecule has 154 valence electrons. The number of hydrogen-bond donors (Lipinski definition) is 1. The van der Waals surface area contributed by atoms with Crippen LogP contribution in [0.2, 0.25) is 0 Å². The maximum atomic E-state index is 11.6. The summed E-state index contributed by atoms with van der Waals surface area (Å²) in [4.78, 5) is 11.6. The Hall–Kier alpha value is -3.20. The van der Waals surface area contributed by atoms with E-state index in [1.165, 1.54) is 0 Å². The molecule has 0 aliphatic heterocycles. The van der Waals surface area contributed by atoms with Gasteiger partial charge in [0.2, 0.25) is 5.91 Å². The van der Waals surface area contributed by atoms with Gasteiger partial charge in [-0.3, -0.25) is 4.79 Å². The first-order valence-corrected chi connectivity index (χ1v) is 9.61. The van der Waals surface area contributed by atoms with Gasteiger partial charge in [-0.05, 0) is 42.2 Å². The second kappa shape index (κ2) is 11.0. The van der Waals surface area contributed by atoms with Crippen LogP contribution >= 0.6 is 0 Å². The Bertz CT molecular complexity index is 872. The van der Waals surface area contributed by atoms with Crippen LogP contribution < -0.4 is 19.5 Å². The topological polar surface area (TPSA) is 80.6 Å². The number of methoxy groups -OCH3 is 1. The highest BCUT2D eigenvalue weighted by Crippen LogP contribution is 2.28. The monoisotopic (exact) mass is 396 g/mol. The van der Waals surface area contributed by atoms with E-state index in [4.69, 9.17) is 19.5 Å². The van der Waals surface area contributed by atoms with Crippen LogP contribution in [0.25, 0.3) is 0 Å². The predicted octanol–water partition coefficient (Wildman–Crippen LogP) is 4.11. The minimum absolute atomic E-state index is 0.172. The Balaban J connectivity index is 2.00. The average Bonchev–Trinajstić information content (AvgIpc) is 2.70. The molecule has 0 saturated heterocycles. The molecule has 0 aliphatic rings. The second-order valence-electron chi connectivity index (χ2n) is 6.98. The van der Waals surface area contributed by atoms with E-state index < -0.39 is 0 Å². The van der Waals surface area contributed by atoms with Crippen molar-refractivity contribution in [2.24, 2.45) is 0 Å². The van der Waals surface area contributed by atoms with Crippen molar-refractivity contribution in [3.63, 3.8) is 0 Å². The summed E-state index contributed by atoms with van der Waals surface area (Å²) in [5.41, 5.74) is 3.11. The number of carbonyl (C=O) groups excluding carboxylic acids is 1. The fraction of sp³-hybridized carbons (Fsp3) is 0.391. The lowest BCUT2D eigenvalue weighted by atomic mass is 10.0. The maximum absolute atomic E-state index is 11.6. The summed E-state index contributed by atoms with van der Waals surface area (Å²) in [5.74, 6) is 2.19. The maximum Gasteiger partial charge on any atom is 0.234 e. The molecule has 0 aliphatic carbocycles. The van der Waals surface area contributed by atoms with Gasteiger partial charge in [-0.25, -0.2) is 0 Å². The quantitative estimate of drug-likeness (QED) is 0.611. The Labute approximate surface area is 172 Å². The number of nitriles is 1. The molecule has 1 N–H and O–H groups in total.